The number of anilines is 1. The lowest BCUT2D eigenvalue weighted by Crippen LogP contribution is -2.25. The molecule has 1 amide bonds. The monoisotopic (exact) mass is 466 g/mol. The molecule has 0 aliphatic rings. The first-order chi connectivity index (χ1) is 14.2. The highest BCUT2D eigenvalue weighted by molar-refractivity contribution is 7.92. The standard InChI is InChI=1S/C21H17Cl2FN2O3S/c22-19-10-9-18(13-20(19)23)30(28,29)26-17-7-3-15(4-8-17)21(27)25-12-11-14-1-5-16(24)6-2-14/h1-10,13,26H,11-12H2,(H,25,27). The van der Waals surface area contributed by atoms with E-state index in [1.165, 1.54) is 54.6 Å². The highest BCUT2D eigenvalue weighted by atomic mass is 35.5. The smallest absolute Gasteiger partial charge is 0.261 e. The molecule has 156 valence electrons. The molecule has 0 unspecified atom stereocenters. The third kappa shape index (κ3) is 5.72. The van der Waals surface area contributed by atoms with Crippen LogP contribution in [0.5, 0.6) is 0 Å². The molecule has 0 saturated carbocycles. The number of nitrogens with one attached hydrogen (secondary N) is 2. The van der Waals surface area contributed by atoms with Crippen LogP contribution >= 0.6 is 23.2 Å². The Kier molecular flexibility index (Phi) is 6.97. The van der Waals surface area contributed by atoms with Gasteiger partial charge in [-0.1, -0.05) is 35.3 Å². The summed E-state index contributed by atoms with van der Waals surface area (Å²) in [5, 5.41) is 3.16. The van der Waals surface area contributed by atoms with E-state index in [0.717, 1.165) is 5.56 Å². The second-order valence-electron chi connectivity index (χ2n) is 6.39. The Balaban J connectivity index is 1.59. The summed E-state index contributed by atoms with van der Waals surface area (Å²) in [4.78, 5) is 12.2. The summed E-state index contributed by atoms with van der Waals surface area (Å²) in [6, 6.07) is 16.1. The Labute approximate surface area is 183 Å². The van der Waals surface area contributed by atoms with E-state index < -0.39 is 10.0 Å². The fraction of sp³-hybridized carbons (Fsp3) is 0.0952. The van der Waals surface area contributed by atoms with Crippen LogP contribution in [0, 0.1) is 5.82 Å². The largest absolute Gasteiger partial charge is 0.352 e. The number of hydrogen-bond acceptors (Lipinski definition) is 3. The summed E-state index contributed by atoms with van der Waals surface area (Å²) >= 11 is 11.7. The zero-order chi connectivity index (χ0) is 21.7. The average Bonchev–Trinajstić information content (AvgIpc) is 2.71. The van der Waals surface area contributed by atoms with E-state index in [1.54, 1.807) is 12.1 Å². The van der Waals surface area contributed by atoms with E-state index in [-0.39, 0.29) is 26.7 Å². The Morgan fingerprint density at radius 2 is 1.57 bits per heavy atom. The number of carbonyl (C=O) groups excluding carboxylic acids is 1. The number of amides is 1. The fourth-order valence-corrected chi connectivity index (χ4v) is 4.07. The van der Waals surface area contributed by atoms with Gasteiger partial charge in [-0.3, -0.25) is 9.52 Å². The summed E-state index contributed by atoms with van der Waals surface area (Å²) in [6.45, 7) is 0.385. The van der Waals surface area contributed by atoms with Crippen LogP contribution in [0.1, 0.15) is 15.9 Å². The van der Waals surface area contributed by atoms with Gasteiger partial charge >= 0.3 is 0 Å². The molecule has 0 aliphatic carbocycles. The number of carbonyl (C=O) groups is 1. The van der Waals surface area contributed by atoms with Gasteiger partial charge in [0.05, 0.1) is 14.9 Å². The third-order valence-corrected chi connectivity index (χ3v) is 6.33. The molecule has 0 heterocycles. The van der Waals surface area contributed by atoms with Crippen molar-refractivity contribution in [3.63, 3.8) is 0 Å². The predicted molar refractivity (Wildman–Crippen MR) is 116 cm³/mol. The second-order valence-corrected chi connectivity index (χ2v) is 8.89. The first kappa shape index (κ1) is 22.1. The van der Waals surface area contributed by atoms with Crippen molar-refractivity contribution in [1.29, 1.82) is 0 Å². The number of benzene rings is 3. The summed E-state index contributed by atoms with van der Waals surface area (Å²) in [5.41, 5.74) is 1.58. The van der Waals surface area contributed by atoms with Crippen LogP contribution in [0.2, 0.25) is 10.0 Å². The maximum Gasteiger partial charge on any atom is 0.261 e. The van der Waals surface area contributed by atoms with Crippen LogP contribution < -0.4 is 10.0 Å². The zero-order valence-electron chi connectivity index (χ0n) is 15.5. The molecule has 3 aromatic carbocycles. The van der Waals surface area contributed by atoms with Gasteiger partial charge < -0.3 is 5.32 Å². The molecule has 5 nitrogen and oxygen atoms in total. The lowest BCUT2D eigenvalue weighted by atomic mass is 10.1. The van der Waals surface area contributed by atoms with E-state index in [2.05, 4.69) is 10.0 Å². The molecule has 0 aliphatic heterocycles. The highest BCUT2D eigenvalue weighted by Crippen LogP contribution is 2.26. The van der Waals surface area contributed by atoms with Gasteiger partial charge in [0.1, 0.15) is 5.82 Å². The van der Waals surface area contributed by atoms with Gasteiger partial charge in [-0.2, -0.15) is 0 Å². The lowest BCUT2D eigenvalue weighted by Gasteiger charge is -2.10. The van der Waals surface area contributed by atoms with Crippen LogP contribution in [-0.4, -0.2) is 20.9 Å². The molecule has 0 radical (unpaired) electrons. The van der Waals surface area contributed by atoms with Crippen molar-refractivity contribution in [2.75, 3.05) is 11.3 Å². The van der Waals surface area contributed by atoms with Gasteiger partial charge in [0.25, 0.3) is 15.9 Å². The predicted octanol–water partition coefficient (Wildman–Crippen LogP) is 4.91. The molecular weight excluding hydrogens is 450 g/mol. The van der Waals surface area contributed by atoms with Crippen molar-refractivity contribution in [1.82, 2.24) is 5.32 Å². The molecule has 0 fully saturated rings. The molecule has 0 saturated heterocycles. The normalized spacial score (nSPS) is 11.2. The van der Waals surface area contributed by atoms with E-state index in [0.29, 0.717) is 24.2 Å². The Morgan fingerprint density at radius 3 is 2.20 bits per heavy atom. The minimum atomic E-state index is -3.85. The summed E-state index contributed by atoms with van der Waals surface area (Å²) < 4.78 is 40.3. The van der Waals surface area contributed by atoms with Crippen molar-refractivity contribution in [3.05, 3.63) is 93.7 Å². The van der Waals surface area contributed by atoms with Crippen molar-refractivity contribution in [3.8, 4) is 0 Å². The minimum Gasteiger partial charge on any atom is -0.352 e. The topological polar surface area (TPSA) is 75.3 Å². The summed E-state index contributed by atoms with van der Waals surface area (Å²) in [6.07, 6.45) is 0.563. The van der Waals surface area contributed by atoms with Gasteiger partial charge in [0, 0.05) is 17.8 Å². The Morgan fingerprint density at radius 1 is 0.900 bits per heavy atom. The zero-order valence-corrected chi connectivity index (χ0v) is 17.9. The van der Waals surface area contributed by atoms with Crippen LogP contribution in [0.4, 0.5) is 10.1 Å². The van der Waals surface area contributed by atoms with E-state index in [1.807, 2.05) is 0 Å². The maximum absolute atomic E-state index is 12.9. The van der Waals surface area contributed by atoms with Gasteiger partial charge in [0.15, 0.2) is 0 Å². The van der Waals surface area contributed by atoms with E-state index in [9.17, 15) is 17.6 Å². The first-order valence-corrected chi connectivity index (χ1v) is 11.1. The number of sulfonamides is 1. The van der Waals surface area contributed by atoms with E-state index in [4.69, 9.17) is 23.2 Å². The molecule has 3 aromatic rings. The average molecular weight is 467 g/mol. The van der Waals surface area contributed by atoms with Crippen LogP contribution in [-0.2, 0) is 16.4 Å². The molecule has 9 heteroatoms. The molecule has 30 heavy (non-hydrogen) atoms. The summed E-state index contributed by atoms with van der Waals surface area (Å²) in [5.74, 6) is -0.603. The van der Waals surface area contributed by atoms with Crippen molar-refractivity contribution in [2.45, 2.75) is 11.3 Å². The third-order valence-electron chi connectivity index (χ3n) is 4.21. The van der Waals surface area contributed by atoms with Gasteiger partial charge in [-0.15, -0.1) is 0 Å². The Bertz CT molecular complexity index is 1150. The first-order valence-electron chi connectivity index (χ1n) is 8.85. The fourth-order valence-electron chi connectivity index (χ4n) is 2.62. The van der Waals surface area contributed by atoms with Crippen LogP contribution in [0.15, 0.2) is 71.6 Å². The van der Waals surface area contributed by atoms with Crippen molar-refractivity contribution in [2.24, 2.45) is 0 Å². The van der Waals surface area contributed by atoms with Gasteiger partial charge in [-0.25, -0.2) is 12.8 Å². The van der Waals surface area contributed by atoms with Gasteiger partial charge in [0.2, 0.25) is 0 Å². The summed E-state index contributed by atoms with van der Waals surface area (Å²) in [7, 11) is -3.85. The number of halogens is 3. The molecule has 0 aromatic heterocycles. The van der Waals surface area contributed by atoms with Crippen molar-refractivity contribution >= 4 is 44.8 Å². The van der Waals surface area contributed by atoms with Crippen LogP contribution in [0.25, 0.3) is 0 Å². The minimum absolute atomic E-state index is 0.0282. The highest BCUT2D eigenvalue weighted by Gasteiger charge is 2.16. The van der Waals surface area contributed by atoms with Crippen LogP contribution in [0.3, 0.4) is 0 Å². The maximum atomic E-state index is 12.9. The molecule has 0 bridgehead atoms. The molecule has 0 spiro atoms. The second kappa shape index (κ2) is 9.47. The molecular formula is C21H17Cl2FN2O3S. The molecule has 0 atom stereocenters. The van der Waals surface area contributed by atoms with E-state index >= 15 is 0 Å². The van der Waals surface area contributed by atoms with Gasteiger partial charge in [-0.05, 0) is 66.6 Å². The lowest BCUT2D eigenvalue weighted by molar-refractivity contribution is 0.0954. The molecule has 2 N–H and O–H groups in total. The number of hydrogen-bond donors (Lipinski definition) is 2. The van der Waals surface area contributed by atoms with Crippen molar-refractivity contribution < 1.29 is 17.6 Å². The Hall–Kier alpha value is -2.61. The number of rotatable bonds is 7. The quantitative estimate of drug-likeness (QED) is 0.519. The SMILES string of the molecule is O=C(NCCc1ccc(F)cc1)c1ccc(NS(=O)(=O)c2ccc(Cl)c(Cl)c2)cc1. The molecule has 3 rings (SSSR count).